The van der Waals surface area contributed by atoms with Crippen molar-refractivity contribution in [3.63, 3.8) is 0 Å². The van der Waals surface area contributed by atoms with E-state index in [9.17, 15) is 0 Å². The highest BCUT2D eigenvalue weighted by atomic mass is 16.5. The number of rotatable bonds is 1. The average molecular weight is 164 g/mol. The molecule has 0 amide bonds. The van der Waals surface area contributed by atoms with E-state index in [1.54, 1.807) is 6.20 Å². The monoisotopic (exact) mass is 164 g/mol. The van der Waals surface area contributed by atoms with Gasteiger partial charge in [0.2, 0.25) is 0 Å². The van der Waals surface area contributed by atoms with E-state index < -0.39 is 0 Å². The zero-order valence-electron chi connectivity index (χ0n) is 7.08. The van der Waals surface area contributed by atoms with Gasteiger partial charge < -0.3 is 10.5 Å². The van der Waals surface area contributed by atoms with Crippen LogP contribution in [0.5, 0.6) is 5.75 Å². The minimum Gasteiger partial charge on any atom is -0.491 e. The number of aromatic nitrogens is 1. The second-order valence-electron chi connectivity index (χ2n) is 3.40. The molecule has 2 heterocycles. The van der Waals surface area contributed by atoms with Crippen molar-refractivity contribution in [3.8, 4) is 5.75 Å². The fourth-order valence-electron chi connectivity index (χ4n) is 1.42. The van der Waals surface area contributed by atoms with E-state index in [0.29, 0.717) is 13.2 Å². The first-order chi connectivity index (χ1) is 5.76. The standard InChI is InChI=1S/C9H12N2O/c1-9(5-10)6-12-7-3-2-4-11-8(7)9/h2-4H,5-6,10H2,1H3. The van der Waals surface area contributed by atoms with E-state index in [4.69, 9.17) is 10.5 Å². The SMILES string of the molecule is CC1(CN)COc2cccnc21. The third kappa shape index (κ3) is 0.898. The lowest BCUT2D eigenvalue weighted by atomic mass is 9.89. The Labute approximate surface area is 71.6 Å². The fraction of sp³-hybridized carbons (Fsp3) is 0.444. The summed E-state index contributed by atoms with van der Waals surface area (Å²) in [5.41, 5.74) is 6.57. The second-order valence-corrected chi connectivity index (χ2v) is 3.40. The van der Waals surface area contributed by atoms with Crippen LogP contribution in [-0.2, 0) is 5.41 Å². The Morgan fingerprint density at radius 3 is 3.33 bits per heavy atom. The minimum atomic E-state index is -0.0867. The molecule has 0 saturated carbocycles. The molecular formula is C9H12N2O. The first-order valence-corrected chi connectivity index (χ1v) is 4.05. The molecule has 1 unspecified atom stereocenters. The molecule has 0 radical (unpaired) electrons. The van der Waals surface area contributed by atoms with Gasteiger partial charge in [0, 0.05) is 12.7 Å². The predicted octanol–water partition coefficient (Wildman–Crippen LogP) is 0.690. The summed E-state index contributed by atoms with van der Waals surface area (Å²) in [6.45, 7) is 3.30. The van der Waals surface area contributed by atoms with Crippen LogP contribution in [0.3, 0.4) is 0 Å². The van der Waals surface area contributed by atoms with Crippen LogP contribution in [0.4, 0.5) is 0 Å². The van der Waals surface area contributed by atoms with E-state index in [0.717, 1.165) is 11.4 Å². The van der Waals surface area contributed by atoms with Crippen molar-refractivity contribution in [2.45, 2.75) is 12.3 Å². The van der Waals surface area contributed by atoms with Gasteiger partial charge in [0.1, 0.15) is 12.4 Å². The molecule has 1 aromatic rings. The number of pyridine rings is 1. The van der Waals surface area contributed by atoms with Crippen molar-refractivity contribution in [2.75, 3.05) is 13.2 Å². The average Bonchev–Trinajstić information content (AvgIpc) is 2.46. The summed E-state index contributed by atoms with van der Waals surface area (Å²) in [5.74, 6) is 0.880. The van der Waals surface area contributed by atoms with Gasteiger partial charge in [-0.2, -0.15) is 0 Å². The lowest BCUT2D eigenvalue weighted by Crippen LogP contribution is -2.33. The van der Waals surface area contributed by atoms with Crippen LogP contribution in [0.25, 0.3) is 0 Å². The number of hydrogen-bond donors (Lipinski definition) is 1. The molecule has 1 atom stereocenters. The van der Waals surface area contributed by atoms with Gasteiger partial charge in [-0.05, 0) is 19.1 Å². The highest BCUT2D eigenvalue weighted by molar-refractivity contribution is 5.37. The second kappa shape index (κ2) is 2.45. The highest BCUT2D eigenvalue weighted by Crippen LogP contribution is 2.35. The Morgan fingerprint density at radius 2 is 2.58 bits per heavy atom. The summed E-state index contributed by atoms with van der Waals surface area (Å²) >= 11 is 0. The van der Waals surface area contributed by atoms with Gasteiger partial charge >= 0.3 is 0 Å². The van der Waals surface area contributed by atoms with Crippen LogP contribution in [-0.4, -0.2) is 18.1 Å². The molecule has 0 aromatic carbocycles. The van der Waals surface area contributed by atoms with Gasteiger partial charge in [-0.3, -0.25) is 4.98 Å². The van der Waals surface area contributed by atoms with Crippen LogP contribution in [0.2, 0.25) is 0 Å². The summed E-state index contributed by atoms with van der Waals surface area (Å²) in [6.07, 6.45) is 1.78. The fourth-order valence-corrected chi connectivity index (χ4v) is 1.42. The maximum atomic E-state index is 5.66. The lowest BCUT2D eigenvalue weighted by Gasteiger charge is -2.17. The van der Waals surface area contributed by atoms with Gasteiger partial charge in [0.15, 0.2) is 0 Å². The Kier molecular flexibility index (Phi) is 1.54. The number of nitrogens with two attached hydrogens (primary N) is 1. The van der Waals surface area contributed by atoms with Crippen LogP contribution in [0, 0.1) is 0 Å². The van der Waals surface area contributed by atoms with Crippen molar-refractivity contribution in [2.24, 2.45) is 5.73 Å². The molecule has 1 aromatic heterocycles. The van der Waals surface area contributed by atoms with E-state index in [2.05, 4.69) is 11.9 Å². The lowest BCUT2D eigenvalue weighted by molar-refractivity contribution is 0.281. The molecule has 2 rings (SSSR count). The highest BCUT2D eigenvalue weighted by Gasteiger charge is 2.36. The molecule has 12 heavy (non-hydrogen) atoms. The van der Waals surface area contributed by atoms with Gasteiger partial charge in [-0.1, -0.05) is 0 Å². The van der Waals surface area contributed by atoms with Gasteiger partial charge in [-0.15, -0.1) is 0 Å². The summed E-state index contributed by atoms with van der Waals surface area (Å²) in [4.78, 5) is 4.28. The molecule has 0 spiro atoms. The quantitative estimate of drug-likeness (QED) is 0.664. The molecule has 0 bridgehead atoms. The van der Waals surface area contributed by atoms with Crippen molar-refractivity contribution < 1.29 is 4.74 Å². The Balaban J connectivity index is 2.49. The van der Waals surface area contributed by atoms with E-state index >= 15 is 0 Å². The van der Waals surface area contributed by atoms with Crippen LogP contribution in [0.15, 0.2) is 18.3 Å². The number of ether oxygens (including phenoxy) is 1. The third-order valence-corrected chi connectivity index (χ3v) is 2.34. The molecule has 0 aliphatic carbocycles. The smallest absolute Gasteiger partial charge is 0.141 e. The molecular weight excluding hydrogens is 152 g/mol. The van der Waals surface area contributed by atoms with Crippen molar-refractivity contribution >= 4 is 0 Å². The normalized spacial score (nSPS) is 26.5. The predicted molar refractivity (Wildman–Crippen MR) is 46.1 cm³/mol. The minimum absolute atomic E-state index is 0.0867. The third-order valence-electron chi connectivity index (χ3n) is 2.34. The Bertz CT molecular complexity index is 300. The molecule has 64 valence electrons. The number of fused-ring (bicyclic) bond motifs is 1. The summed E-state index contributed by atoms with van der Waals surface area (Å²) < 4.78 is 5.46. The number of nitrogens with zero attached hydrogens (tertiary/aromatic N) is 1. The van der Waals surface area contributed by atoms with Crippen LogP contribution < -0.4 is 10.5 Å². The van der Waals surface area contributed by atoms with Gasteiger partial charge in [-0.25, -0.2) is 0 Å². The van der Waals surface area contributed by atoms with E-state index in [1.165, 1.54) is 0 Å². The maximum Gasteiger partial charge on any atom is 0.141 e. The Morgan fingerprint density at radius 1 is 1.75 bits per heavy atom. The molecule has 1 aliphatic rings. The summed E-state index contributed by atoms with van der Waals surface area (Å²) in [5, 5.41) is 0. The zero-order valence-corrected chi connectivity index (χ0v) is 7.08. The molecule has 0 saturated heterocycles. The number of hydrogen-bond acceptors (Lipinski definition) is 3. The topological polar surface area (TPSA) is 48.1 Å². The summed E-state index contributed by atoms with van der Waals surface area (Å²) in [7, 11) is 0. The molecule has 1 aliphatic heterocycles. The van der Waals surface area contributed by atoms with Crippen molar-refractivity contribution in [3.05, 3.63) is 24.0 Å². The largest absolute Gasteiger partial charge is 0.491 e. The molecule has 0 fully saturated rings. The van der Waals surface area contributed by atoms with E-state index in [-0.39, 0.29) is 5.41 Å². The van der Waals surface area contributed by atoms with Crippen molar-refractivity contribution in [1.29, 1.82) is 0 Å². The van der Waals surface area contributed by atoms with Gasteiger partial charge in [0.25, 0.3) is 0 Å². The van der Waals surface area contributed by atoms with Crippen molar-refractivity contribution in [1.82, 2.24) is 4.98 Å². The first kappa shape index (κ1) is 7.55. The first-order valence-electron chi connectivity index (χ1n) is 4.05. The van der Waals surface area contributed by atoms with Crippen LogP contribution in [0.1, 0.15) is 12.6 Å². The molecule has 3 nitrogen and oxygen atoms in total. The molecule has 3 heteroatoms. The van der Waals surface area contributed by atoms with E-state index in [1.807, 2.05) is 12.1 Å². The summed E-state index contributed by atoms with van der Waals surface area (Å²) in [6, 6.07) is 3.81. The maximum absolute atomic E-state index is 5.66. The van der Waals surface area contributed by atoms with Crippen LogP contribution >= 0.6 is 0 Å². The zero-order chi connectivity index (χ0) is 8.60. The molecule has 2 N–H and O–H groups in total. The Hall–Kier alpha value is -1.09. The van der Waals surface area contributed by atoms with Gasteiger partial charge in [0.05, 0.1) is 11.1 Å².